The number of benzene rings is 2. The Hall–Kier alpha value is -3.45. The number of aromatic nitrogens is 4. The van der Waals surface area contributed by atoms with Gasteiger partial charge in [0.05, 0.1) is 18.0 Å². The van der Waals surface area contributed by atoms with Crippen LogP contribution >= 0.6 is 11.6 Å². The molecule has 8 heteroatoms. The van der Waals surface area contributed by atoms with Gasteiger partial charge in [-0.05, 0) is 38.5 Å². The Bertz CT molecular complexity index is 1320. The molecule has 2 heterocycles. The zero-order valence-electron chi connectivity index (χ0n) is 17.5. The molecule has 0 saturated heterocycles. The fourth-order valence-corrected chi connectivity index (χ4v) is 3.63. The average Bonchev–Trinajstić information content (AvgIpc) is 2.73. The van der Waals surface area contributed by atoms with E-state index >= 15 is 0 Å². The van der Waals surface area contributed by atoms with Crippen LogP contribution < -0.4 is 15.6 Å². The number of fused-ring (bicyclic) bond motifs is 1. The molecule has 0 bridgehead atoms. The van der Waals surface area contributed by atoms with E-state index in [9.17, 15) is 4.79 Å². The first kappa shape index (κ1) is 20.8. The normalized spacial score (nSPS) is 11.0. The minimum atomic E-state index is -0.234. The summed E-state index contributed by atoms with van der Waals surface area (Å²) in [6.45, 7) is 6.16. The highest BCUT2D eigenvalue weighted by atomic mass is 35.5. The molecule has 0 aliphatic carbocycles. The fourth-order valence-electron chi connectivity index (χ4n) is 3.42. The lowest BCUT2D eigenvalue weighted by molar-refractivity contribution is 0.343. The summed E-state index contributed by atoms with van der Waals surface area (Å²) in [4.78, 5) is 29.1. The van der Waals surface area contributed by atoms with Gasteiger partial charge in [0.25, 0.3) is 5.56 Å². The van der Waals surface area contributed by atoms with Crippen molar-refractivity contribution in [2.24, 2.45) is 0 Å². The number of H-pyrrole nitrogens is 1. The fraction of sp³-hybridized carbons (Fsp3) is 0.217. The van der Waals surface area contributed by atoms with Gasteiger partial charge in [-0.25, -0.2) is 15.0 Å². The van der Waals surface area contributed by atoms with E-state index in [1.54, 1.807) is 13.0 Å². The Kier molecular flexibility index (Phi) is 5.86. The van der Waals surface area contributed by atoms with E-state index < -0.39 is 0 Å². The molecule has 2 aromatic heterocycles. The molecule has 0 aliphatic heterocycles. The molecule has 158 valence electrons. The van der Waals surface area contributed by atoms with Gasteiger partial charge in [0, 0.05) is 22.4 Å². The van der Waals surface area contributed by atoms with Crippen molar-refractivity contribution in [3.63, 3.8) is 0 Å². The maximum absolute atomic E-state index is 12.7. The van der Waals surface area contributed by atoms with E-state index in [-0.39, 0.29) is 11.5 Å². The number of hydrogen-bond donors (Lipinski definition) is 2. The quantitative estimate of drug-likeness (QED) is 0.455. The number of hydrogen-bond acceptors (Lipinski definition) is 6. The third-order valence-corrected chi connectivity index (χ3v) is 5.33. The molecule has 0 radical (unpaired) electrons. The van der Waals surface area contributed by atoms with E-state index in [2.05, 4.69) is 25.3 Å². The molecule has 0 unspecified atom stereocenters. The third kappa shape index (κ3) is 4.36. The predicted molar refractivity (Wildman–Crippen MR) is 123 cm³/mol. The van der Waals surface area contributed by atoms with Crippen LogP contribution in [0, 0.1) is 13.8 Å². The number of halogens is 1. The number of nitrogens with zero attached hydrogens (tertiary/aromatic N) is 3. The van der Waals surface area contributed by atoms with E-state index in [0.717, 1.165) is 16.6 Å². The molecule has 4 rings (SSSR count). The number of nitrogens with one attached hydrogen (secondary N) is 2. The molecule has 0 spiro atoms. The Morgan fingerprint density at radius 3 is 2.58 bits per heavy atom. The van der Waals surface area contributed by atoms with E-state index in [1.807, 2.05) is 50.2 Å². The maximum atomic E-state index is 12.7. The zero-order valence-corrected chi connectivity index (χ0v) is 18.2. The number of para-hydroxylation sites is 1. The Morgan fingerprint density at radius 2 is 1.84 bits per heavy atom. The van der Waals surface area contributed by atoms with Crippen LogP contribution in [0.1, 0.15) is 29.4 Å². The highest BCUT2D eigenvalue weighted by Gasteiger charge is 2.13. The van der Waals surface area contributed by atoms with Crippen molar-refractivity contribution in [2.45, 2.75) is 27.2 Å². The van der Waals surface area contributed by atoms with Gasteiger partial charge >= 0.3 is 0 Å². The lowest BCUT2D eigenvalue weighted by atomic mass is 10.1. The molecular formula is C23H22ClN5O2. The molecule has 4 aromatic rings. The van der Waals surface area contributed by atoms with Crippen LogP contribution in [0.3, 0.4) is 0 Å². The van der Waals surface area contributed by atoms with Crippen molar-refractivity contribution in [1.82, 2.24) is 19.9 Å². The topological polar surface area (TPSA) is 92.8 Å². The van der Waals surface area contributed by atoms with Gasteiger partial charge in [-0.15, -0.1) is 0 Å². The van der Waals surface area contributed by atoms with Crippen molar-refractivity contribution in [3.05, 3.63) is 80.4 Å². The molecule has 0 fully saturated rings. The second kappa shape index (κ2) is 8.73. The maximum Gasteiger partial charge on any atom is 0.256 e. The monoisotopic (exact) mass is 435 g/mol. The summed E-state index contributed by atoms with van der Waals surface area (Å²) < 4.78 is 5.70. The molecular weight excluding hydrogens is 414 g/mol. The van der Waals surface area contributed by atoms with Crippen LogP contribution in [0.4, 0.5) is 11.9 Å². The summed E-state index contributed by atoms with van der Waals surface area (Å²) in [6.07, 6.45) is 0.400. The van der Waals surface area contributed by atoms with Gasteiger partial charge in [-0.2, -0.15) is 0 Å². The summed E-state index contributed by atoms with van der Waals surface area (Å²) in [5.41, 5.74) is 3.31. The third-order valence-electron chi connectivity index (χ3n) is 4.96. The minimum Gasteiger partial charge on any atom is -0.492 e. The van der Waals surface area contributed by atoms with Crippen LogP contribution in [0.2, 0.25) is 5.02 Å². The second-order valence-corrected chi connectivity index (χ2v) is 7.50. The summed E-state index contributed by atoms with van der Waals surface area (Å²) in [7, 11) is 0. The largest absolute Gasteiger partial charge is 0.492 e. The van der Waals surface area contributed by atoms with Gasteiger partial charge in [-0.3, -0.25) is 15.1 Å². The van der Waals surface area contributed by atoms with Gasteiger partial charge in [0.15, 0.2) is 0 Å². The summed E-state index contributed by atoms with van der Waals surface area (Å²) >= 11 is 6.24. The number of rotatable bonds is 6. The smallest absolute Gasteiger partial charge is 0.256 e. The van der Waals surface area contributed by atoms with E-state index in [1.165, 1.54) is 0 Å². The molecule has 0 saturated carbocycles. The highest BCUT2D eigenvalue weighted by Crippen LogP contribution is 2.27. The van der Waals surface area contributed by atoms with E-state index in [0.29, 0.717) is 46.5 Å². The van der Waals surface area contributed by atoms with Crippen LogP contribution in [0.25, 0.3) is 10.9 Å². The van der Waals surface area contributed by atoms with Crippen LogP contribution in [-0.4, -0.2) is 26.5 Å². The average molecular weight is 436 g/mol. The van der Waals surface area contributed by atoms with Gasteiger partial charge in [0.2, 0.25) is 11.9 Å². The first-order chi connectivity index (χ1) is 15.0. The predicted octanol–water partition coefficient (Wildman–Crippen LogP) is 4.72. The lowest BCUT2D eigenvalue weighted by Crippen LogP contribution is -2.19. The molecule has 7 nitrogen and oxygen atoms in total. The molecule has 2 aromatic carbocycles. The summed E-state index contributed by atoms with van der Waals surface area (Å²) in [5, 5.41) is 4.55. The van der Waals surface area contributed by atoms with Crippen LogP contribution in [0.5, 0.6) is 5.75 Å². The van der Waals surface area contributed by atoms with Crippen LogP contribution in [-0.2, 0) is 6.42 Å². The van der Waals surface area contributed by atoms with Crippen molar-refractivity contribution in [3.8, 4) is 5.75 Å². The number of aromatic amines is 1. The molecule has 31 heavy (non-hydrogen) atoms. The number of aryl methyl sites for hydroxylation is 2. The summed E-state index contributed by atoms with van der Waals surface area (Å²) in [5.74, 6) is 1.29. The number of ether oxygens (including phenoxy) is 1. The van der Waals surface area contributed by atoms with Gasteiger partial charge < -0.3 is 4.74 Å². The van der Waals surface area contributed by atoms with Crippen molar-refractivity contribution in [1.29, 1.82) is 0 Å². The Morgan fingerprint density at radius 1 is 1.03 bits per heavy atom. The number of anilines is 2. The first-order valence-electron chi connectivity index (χ1n) is 9.96. The Labute approximate surface area is 184 Å². The van der Waals surface area contributed by atoms with E-state index in [4.69, 9.17) is 16.3 Å². The van der Waals surface area contributed by atoms with Crippen molar-refractivity contribution >= 4 is 34.4 Å². The van der Waals surface area contributed by atoms with Crippen LogP contribution in [0.15, 0.2) is 47.3 Å². The molecule has 2 N–H and O–H groups in total. The summed E-state index contributed by atoms with van der Waals surface area (Å²) in [6, 6.07) is 13.2. The zero-order chi connectivity index (χ0) is 22.0. The second-order valence-electron chi connectivity index (χ2n) is 7.09. The van der Waals surface area contributed by atoms with Gasteiger partial charge in [0.1, 0.15) is 11.3 Å². The molecule has 0 amide bonds. The lowest BCUT2D eigenvalue weighted by Gasteiger charge is -2.12. The first-order valence-corrected chi connectivity index (χ1v) is 10.3. The van der Waals surface area contributed by atoms with Crippen molar-refractivity contribution < 1.29 is 4.74 Å². The SMILES string of the molecule is CCOc1cccc2c(C)nc(Nc3nc(C)c(Cc4ccccc4Cl)c(=O)[nH]3)nc12. The molecule has 0 aliphatic rings. The van der Waals surface area contributed by atoms with Gasteiger partial charge in [-0.1, -0.05) is 41.9 Å². The minimum absolute atomic E-state index is 0.234. The van der Waals surface area contributed by atoms with Crippen molar-refractivity contribution in [2.75, 3.05) is 11.9 Å². The molecule has 0 atom stereocenters. The Balaban J connectivity index is 1.67. The highest BCUT2D eigenvalue weighted by molar-refractivity contribution is 6.31. The standard InChI is InChI=1S/C23H22ClN5O2/c1-4-31-19-11-7-9-16-13(2)25-22(27-20(16)19)29-23-26-14(3)17(21(30)28-23)12-15-8-5-6-10-18(15)24/h5-11H,4,12H2,1-3H3,(H2,25,26,27,28,29,30).